The third-order valence-corrected chi connectivity index (χ3v) is 3.47. The van der Waals surface area contributed by atoms with Crippen molar-refractivity contribution in [1.82, 2.24) is 0 Å². The average molecular weight is 275 g/mol. The zero-order valence-electron chi connectivity index (χ0n) is 9.45. The maximum absolute atomic E-state index is 13.2. The molecule has 1 aliphatic carbocycles. The second-order valence-corrected chi connectivity index (χ2v) is 4.96. The van der Waals surface area contributed by atoms with E-state index < -0.39 is 10.7 Å². The summed E-state index contributed by atoms with van der Waals surface area (Å²) in [6.07, 6.45) is 1.75. The Kier molecular flexibility index (Phi) is 3.41. The summed E-state index contributed by atoms with van der Waals surface area (Å²) in [5, 5.41) is 22.6. The quantitative estimate of drug-likeness (QED) is 0.639. The first-order chi connectivity index (χ1) is 8.47. The topological polar surface area (TPSA) is 75.4 Å². The Morgan fingerprint density at radius 3 is 2.72 bits per heavy atom. The second-order valence-electron chi connectivity index (χ2n) is 4.55. The molecule has 5 nitrogen and oxygen atoms in total. The fourth-order valence-corrected chi connectivity index (χ4v) is 1.84. The lowest BCUT2D eigenvalue weighted by Crippen LogP contribution is -2.19. The largest absolute Gasteiger partial charge is 0.396 e. The van der Waals surface area contributed by atoms with Gasteiger partial charge in [0.05, 0.1) is 22.6 Å². The standard InChI is InChI=1S/C11H12ClFN2O3/c12-7-3-9(10(15(17)18)4-8(7)13)14-5-11(6-16)1-2-11/h3-4,14,16H,1-2,5-6H2. The second kappa shape index (κ2) is 4.70. The number of rotatable bonds is 5. The number of nitro groups is 1. The lowest BCUT2D eigenvalue weighted by atomic mass is 10.1. The van der Waals surface area contributed by atoms with Crippen molar-refractivity contribution in [2.75, 3.05) is 18.5 Å². The predicted octanol–water partition coefficient (Wildman–Crippen LogP) is 2.57. The molecule has 1 aliphatic rings. The van der Waals surface area contributed by atoms with Gasteiger partial charge in [-0.25, -0.2) is 4.39 Å². The van der Waals surface area contributed by atoms with Crippen LogP contribution in [0.1, 0.15) is 12.8 Å². The molecule has 0 aliphatic heterocycles. The SMILES string of the molecule is O=[N+]([O-])c1cc(F)c(Cl)cc1NCC1(CO)CC1. The van der Waals surface area contributed by atoms with Gasteiger partial charge < -0.3 is 10.4 Å². The van der Waals surface area contributed by atoms with Gasteiger partial charge in [-0.1, -0.05) is 11.6 Å². The van der Waals surface area contributed by atoms with Gasteiger partial charge in [0, 0.05) is 12.0 Å². The molecule has 1 aromatic carbocycles. The Hall–Kier alpha value is -1.40. The van der Waals surface area contributed by atoms with Crippen molar-refractivity contribution < 1.29 is 14.4 Å². The number of aliphatic hydroxyl groups is 1. The minimum atomic E-state index is -0.822. The summed E-state index contributed by atoms with van der Waals surface area (Å²) in [4.78, 5) is 10.1. The van der Waals surface area contributed by atoms with E-state index in [2.05, 4.69) is 5.32 Å². The lowest BCUT2D eigenvalue weighted by Gasteiger charge is -2.14. The summed E-state index contributed by atoms with van der Waals surface area (Å²) < 4.78 is 13.2. The van der Waals surface area contributed by atoms with Crippen molar-refractivity contribution in [3.05, 3.63) is 33.1 Å². The van der Waals surface area contributed by atoms with Crippen LogP contribution in [0.3, 0.4) is 0 Å². The first-order valence-electron chi connectivity index (χ1n) is 5.46. The van der Waals surface area contributed by atoms with Gasteiger partial charge in [0.1, 0.15) is 11.5 Å². The molecule has 0 heterocycles. The molecule has 0 amide bonds. The molecule has 18 heavy (non-hydrogen) atoms. The van der Waals surface area contributed by atoms with Crippen LogP contribution < -0.4 is 5.32 Å². The van der Waals surface area contributed by atoms with Gasteiger partial charge in [-0.2, -0.15) is 0 Å². The van der Waals surface area contributed by atoms with Crippen LogP contribution in [-0.2, 0) is 0 Å². The monoisotopic (exact) mass is 274 g/mol. The van der Waals surface area contributed by atoms with Crippen LogP contribution in [-0.4, -0.2) is 23.2 Å². The van der Waals surface area contributed by atoms with Crippen LogP contribution in [0.2, 0.25) is 5.02 Å². The van der Waals surface area contributed by atoms with Gasteiger partial charge in [-0.15, -0.1) is 0 Å². The van der Waals surface area contributed by atoms with E-state index >= 15 is 0 Å². The van der Waals surface area contributed by atoms with Gasteiger partial charge in [-0.3, -0.25) is 10.1 Å². The Morgan fingerprint density at radius 1 is 1.56 bits per heavy atom. The van der Waals surface area contributed by atoms with E-state index in [-0.39, 0.29) is 28.4 Å². The van der Waals surface area contributed by atoms with Crippen molar-refractivity contribution in [2.45, 2.75) is 12.8 Å². The summed E-state index contributed by atoms with van der Waals surface area (Å²) in [6, 6.07) is 1.99. The fourth-order valence-electron chi connectivity index (χ4n) is 1.68. The molecule has 0 unspecified atom stereocenters. The van der Waals surface area contributed by atoms with E-state index in [0.29, 0.717) is 6.54 Å². The highest BCUT2D eigenvalue weighted by Gasteiger charge is 2.42. The van der Waals surface area contributed by atoms with Crippen LogP contribution in [0, 0.1) is 21.3 Å². The Morgan fingerprint density at radius 2 is 2.22 bits per heavy atom. The molecule has 0 atom stereocenters. The first-order valence-corrected chi connectivity index (χ1v) is 5.83. The maximum Gasteiger partial charge on any atom is 0.295 e. The Balaban J connectivity index is 2.20. The number of anilines is 1. The van der Waals surface area contributed by atoms with Crippen molar-refractivity contribution in [3.8, 4) is 0 Å². The van der Waals surface area contributed by atoms with E-state index in [1.165, 1.54) is 6.07 Å². The third kappa shape index (κ3) is 2.54. The van der Waals surface area contributed by atoms with Gasteiger partial charge >= 0.3 is 0 Å². The van der Waals surface area contributed by atoms with E-state index in [0.717, 1.165) is 18.9 Å². The van der Waals surface area contributed by atoms with Crippen molar-refractivity contribution in [3.63, 3.8) is 0 Å². The molecule has 0 saturated heterocycles. The number of hydrogen-bond donors (Lipinski definition) is 2. The summed E-state index contributed by atoms with van der Waals surface area (Å²) in [7, 11) is 0. The lowest BCUT2D eigenvalue weighted by molar-refractivity contribution is -0.384. The van der Waals surface area contributed by atoms with E-state index in [9.17, 15) is 14.5 Å². The van der Waals surface area contributed by atoms with E-state index in [4.69, 9.17) is 16.7 Å². The molecule has 0 bridgehead atoms. The van der Waals surface area contributed by atoms with Crippen LogP contribution in [0.25, 0.3) is 0 Å². The average Bonchev–Trinajstić information content (AvgIpc) is 3.10. The number of nitro benzene ring substituents is 1. The number of halogens is 2. The van der Waals surface area contributed by atoms with E-state index in [1.54, 1.807) is 0 Å². The summed E-state index contributed by atoms with van der Waals surface area (Å²) in [6.45, 7) is 0.440. The molecule has 1 saturated carbocycles. The van der Waals surface area contributed by atoms with Crippen LogP contribution >= 0.6 is 11.6 Å². The number of nitrogens with one attached hydrogen (secondary N) is 1. The van der Waals surface area contributed by atoms with Gasteiger partial charge in [0.25, 0.3) is 5.69 Å². The first kappa shape index (κ1) is 13.0. The molecule has 2 rings (SSSR count). The third-order valence-electron chi connectivity index (χ3n) is 3.18. The highest BCUT2D eigenvalue weighted by Crippen LogP contribution is 2.45. The highest BCUT2D eigenvalue weighted by molar-refractivity contribution is 6.31. The molecule has 0 radical (unpaired) electrons. The highest BCUT2D eigenvalue weighted by atomic mass is 35.5. The zero-order valence-corrected chi connectivity index (χ0v) is 10.2. The minimum absolute atomic E-state index is 0.0305. The number of hydrogen-bond acceptors (Lipinski definition) is 4. The van der Waals surface area contributed by atoms with Crippen molar-refractivity contribution in [1.29, 1.82) is 0 Å². The molecule has 98 valence electrons. The molecular weight excluding hydrogens is 263 g/mol. The molecule has 2 N–H and O–H groups in total. The Bertz CT molecular complexity index is 491. The van der Waals surface area contributed by atoms with Gasteiger partial charge in [-0.05, 0) is 18.9 Å². The van der Waals surface area contributed by atoms with Crippen LogP contribution in [0.15, 0.2) is 12.1 Å². The molecule has 7 heteroatoms. The minimum Gasteiger partial charge on any atom is -0.396 e. The van der Waals surface area contributed by atoms with Crippen molar-refractivity contribution >= 4 is 23.0 Å². The molecular formula is C11H12ClFN2O3. The van der Waals surface area contributed by atoms with Crippen LogP contribution in [0.4, 0.5) is 15.8 Å². The molecule has 1 fully saturated rings. The van der Waals surface area contributed by atoms with Gasteiger partial charge in [0.2, 0.25) is 0 Å². The van der Waals surface area contributed by atoms with Gasteiger partial charge in [0.15, 0.2) is 0 Å². The predicted molar refractivity (Wildman–Crippen MR) is 65.3 cm³/mol. The normalized spacial score (nSPS) is 16.4. The number of benzene rings is 1. The van der Waals surface area contributed by atoms with E-state index in [1.807, 2.05) is 0 Å². The fraction of sp³-hybridized carbons (Fsp3) is 0.455. The number of nitrogens with zero attached hydrogens (tertiary/aromatic N) is 1. The summed E-state index contributed by atoms with van der Waals surface area (Å²) in [5.74, 6) is -0.822. The van der Waals surface area contributed by atoms with Crippen LogP contribution in [0.5, 0.6) is 0 Å². The number of aliphatic hydroxyl groups excluding tert-OH is 1. The zero-order chi connectivity index (χ0) is 13.3. The molecule has 0 aromatic heterocycles. The molecule has 0 spiro atoms. The summed E-state index contributed by atoms with van der Waals surface area (Å²) in [5.41, 5.74) is -0.383. The maximum atomic E-state index is 13.2. The van der Waals surface area contributed by atoms with Crippen molar-refractivity contribution in [2.24, 2.45) is 5.41 Å². The summed E-state index contributed by atoms with van der Waals surface area (Å²) >= 11 is 5.60. The Labute approximate surface area is 108 Å². The molecule has 1 aromatic rings. The smallest absolute Gasteiger partial charge is 0.295 e.